The number of amides is 3. The molecule has 0 radical (unpaired) electrons. The molecule has 3 aliphatic rings. The Morgan fingerprint density at radius 2 is 1.52 bits per heavy atom. The van der Waals surface area contributed by atoms with Crippen LogP contribution in [0.3, 0.4) is 0 Å². The standard InChI is InChI=1S/C22H26N2O3/c25-20(15-24-21(26)18-8-4-5-9-19(18)22(24)27)23-12-10-17(11-13-23)14-16-6-2-1-3-7-16/h1-7,17-19H,8-15H2/t18-,19-/m1/s1. The number of carbonyl (C=O) groups excluding carboxylic acids is 3. The summed E-state index contributed by atoms with van der Waals surface area (Å²) in [6.45, 7) is 1.33. The van der Waals surface area contributed by atoms with Crippen molar-refractivity contribution in [2.24, 2.45) is 17.8 Å². The molecule has 0 unspecified atom stereocenters. The molecule has 4 rings (SSSR count). The van der Waals surface area contributed by atoms with Crippen molar-refractivity contribution in [1.29, 1.82) is 0 Å². The number of imide groups is 1. The first-order valence-electron chi connectivity index (χ1n) is 9.95. The average molecular weight is 366 g/mol. The molecule has 0 spiro atoms. The Labute approximate surface area is 160 Å². The summed E-state index contributed by atoms with van der Waals surface area (Å²) in [6.07, 6.45) is 8.15. The van der Waals surface area contributed by atoms with Gasteiger partial charge in [0.15, 0.2) is 0 Å². The number of likely N-dealkylation sites (tertiary alicyclic amines) is 2. The molecular weight excluding hydrogens is 340 g/mol. The number of carbonyl (C=O) groups is 3. The maximum atomic E-state index is 12.7. The molecule has 2 saturated heterocycles. The first kappa shape index (κ1) is 18.0. The van der Waals surface area contributed by atoms with Crippen LogP contribution in [0.2, 0.25) is 0 Å². The summed E-state index contributed by atoms with van der Waals surface area (Å²) in [5.74, 6) is -0.357. The quantitative estimate of drug-likeness (QED) is 0.607. The fourth-order valence-electron chi connectivity index (χ4n) is 4.59. The summed E-state index contributed by atoms with van der Waals surface area (Å²) in [6, 6.07) is 10.4. The normalized spacial score (nSPS) is 25.8. The highest BCUT2D eigenvalue weighted by Crippen LogP contribution is 2.35. The second-order valence-corrected chi connectivity index (χ2v) is 7.93. The molecule has 0 bridgehead atoms. The first-order valence-corrected chi connectivity index (χ1v) is 9.95. The molecule has 2 atom stereocenters. The molecule has 5 heteroatoms. The molecule has 2 heterocycles. The lowest BCUT2D eigenvalue weighted by molar-refractivity contribution is -0.147. The van der Waals surface area contributed by atoms with E-state index >= 15 is 0 Å². The number of fused-ring (bicyclic) bond motifs is 1. The smallest absolute Gasteiger partial charge is 0.242 e. The maximum absolute atomic E-state index is 12.7. The molecule has 5 nitrogen and oxygen atoms in total. The van der Waals surface area contributed by atoms with E-state index < -0.39 is 0 Å². The minimum Gasteiger partial charge on any atom is -0.341 e. The Bertz CT molecular complexity index is 724. The van der Waals surface area contributed by atoms with Gasteiger partial charge in [-0.25, -0.2) is 0 Å². The Morgan fingerprint density at radius 1 is 0.926 bits per heavy atom. The van der Waals surface area contributed by atoms with Gasteiger partial charge in [-0.3, -0.25) is 19.3 Å². The third-order valence-corrected chi connectivity index (χ3v) is 6.23. The van der Waals surface area contributed by atoms with Gasteiger partial charge in [-0.1, -0.05) is 42.5 Å². The zero-order valence-corrected chi connectivity index (χ0v) is 15.5. The van der Waals surface area contributed by atoms with Crippen molar-refractivity contribution in [3.8, 4) is 0 Å². The van der Waals surface area contributed by atoms with Crippen LogP contribution in [0.1, 0.15) is 31.2 Å². The highest BCUT2D eigenvalue weighted by Gasteiger charge is 2.47. The molecule has 1 aliphatic carbocycles. The number of hydrogen-bond acceptors (Lipinski definition) is 3. The van der Waals surface area contributed by atoms with E-state index in [1.165, 1.54) is 10.5 Å². The Kier molecular flexibility index (Phi) is 5.10. The maximum Gasteiger partial charge on any atom is 0.242 e. The van der Waals surface area contributed by atoms with E-state index in [1.807, 2.05) is 23.1 Å². The van der Waals surface area contributed by atoms with E-state index in [4.69, 9.17) is 0 Å². The van der Waals surface area contributed by atoms with Crippen molar-refractivity contribution >= 4 is 17.7 Å². The lowest BCUT2D eigenvalue weighted by atomic mass is 9.85. The van der Waals surface area contributed by atoms with Crippen molar-refractivity contribution in [2.45, 2.75) is 32.1 Å². The van der Waals surface area contributed by atoms with Crippen molar-refractivity contribution in [1.82, 2.24) is 9.80 Å². The number of nitrogens with zero attached hydrogens (tertiary/aromatic N) is 2. The third kappa shape index (κ3) is 3.68. The SMILES string of the molecule is O=C(CN1C(=O)[C@@H]2CC=CC[C@H]2C1=O)N1CCC(Cc2ccccc2)CC1. The Hall–Kier alpha value is -2.43. The second-order valence-electron chi connectivity index (χ2n) is 7.93. The number of allylic oxidation sites excluding steroid dienone is 2. The zero-order valence-electron chi connectivity index (χ0n) is 15.5. The Balaban J connectivity index is 1.30. The summed E-state index contributed by atoms with van der Waals surface area (Å²) in [4.78, 5) is 40.8. The van der Waals surface area contributed by atoms with E-state index in [2.05, 4.69) is 24.3 Å². The number of rotatable bonds is 4. The summed E-state index contributed by atoms with van der Waals surface area (Å²) >= 11 is 0. The average Bonchev–Trinajstić information content (AvgIpc) is 2.94. The molecule has 0 saturated carbocycles. The van der Waals surface area contributed by atoms with Gasteiger partial charge in [0.2, 0.25) is 17.7 Å². The fraction of sp³-hybridized carbons (Fsp3) is 0.500. The fourth-order valence-corrected chi connectivity index (χ4v) is 4.59. The molecule has 2 fully saturated rings. The van der Waals surface area contributed by atoms with Gasteiger partial charge < -0.3 is 4.90 Å². The van der Waals surface area contributed by atoms with Gasteiger partial charge in [0, 0.05) is 13.1 Å². The predicted octanol–water partition coefficient (Wildman–Crippen LogP) is 2.42. The molecule has 2 aliphatic heterocycles. The minimum atomic E-state index is -0.257. The molecular formula is C22H26N2O3. The van der Waals surface area contributed by atoms with Gasteiger partial charge in [0.05, 0.1) is 11.8 Å². The Morgan fingerprint density at radius 3 is 2.11 bits per heavy atom. The van der Waals surface area contributed by atoms with Crippen LogP contribution in [-0.2, 0) is 20.8 Å². The van der Waals surface area contributed by atoms with Crippen LogP contribution in [-0.4, -0.2) is 47.2 Å². The van der Waals surface area contributed by atoms with Crippen molar-refractivity contribution in [2.75, 3.05) is 19.6 Å². The van der Waals surface area contributed by atoms with Crippen LogP contribution >= 0.6 is 0 Å². The summed E-state index contributed by atoms with van der Waals surface area (Å²) in [5, 5.41) is 0. The van der Waals surface area contributed by atoms with Crippen LogP contribution in [0, 0.1) is 17.8 Å². The molecule has 27 heavy (non-hydrogen) atoms. The molecule has 0 N–H and O–H groups in total. The van der Waals surface area contributed by atoms with Crippen LogP contribution in [0.4, 0.5) is 0 Å². The van der Waals surface area contributed by atoms with Gasteiger partial charge in [-0.05, 0) is 43.6 Å². The van der Waals surface area contributed by atoms with Gasteiger partial charge in [-0.15, -0.1) is 0 Å². The highest BCUT2D eigenvalue weighted by molar-refractivity contribution is 6.07. The minimum absolute atomic E-state index is 0.0893. The van der Waals surface area contributed by atoms with E-state index in [0.29, 0.717) is 31.8 Å². The zero-order chi connectivity index (χ0) is 18.8. The van der Waals surface area contributed by atoms with Gasteiger partial charge in [0.1, 0.15) is 6.54 Å². The molecule has 142 valence electrons. The summed E-state index contributed by atoms with van der Waals surface area (Å²) in [5.41, 5.74) is 1.34. The van der Waals surface area contributed by atoms with Crippen molar-refractivity contribution in [3.05, 3.63) is 48.0 Å². The van der Waals surface area contributed by atoms with Crippen LogP contribution in [0.15, 0.2) is 42.5 Å². The number of hydrogen-bond donors (Lipinski definition) is 0. The number of piperidine rings is 1. The summed E-state index contributed by atoms with van der Waals surface area (Å²) in [7, 11) is 0. The lowest BCUT2D eigenvalue weighted by Gasteiger charge is -2.33. The van der Waals surface area contributed by atoms with Crippen LogP contribution < -0.4 is 0 Å². The van der Waals surface area contributed by atoms with E-state index in [0.717, 1.165) is 19.3 Å². The summed E-state index contributed by atoms with van der Waals surface area (Å²) < 4.78 is 0. The predicted molar refractivity (Wildman–Crippen MR) is 102 cm³/mol. The molecule has 3 amide bonds. The molecule has 0 aromatic heterocycles. The van der Waals surface area contributed by atoms with Gasteiger partial charge >= 0.3 is 0 Å². The molecule has 1 aromatic rings. The van der Waals surface area contributed by atoms with Gasteiger partial charge in [-0.2, -0.15) is 0 Å². The van der Waals surface area contributed by atoms with E-state index in [-0.39, 0.29) is 36.1 Å². The van der Waals surface area contributed by atoms with Gasteiger partial charge in [0.25, 0.3) is 0 Å². The highest BCUT2D eigenvalue weighted by atomic mass is 16.2. The second kappa shape index (κ2) is 7.67. The van der Waals surface area contributed by atoms with E-state index in [9.17, 15) is 14.4 Å². The topological polar surface area (TPSA) is 57.7 Å². The van der Waals surface area contributed by atoms with E-state index in [1.54, 1.807) is 0 Å². The molecule has 1 aromatic carbocycles. The number of benzene rings is 1. The van der Waals surface area contributed by atoms with Crippen LogP contribution in [0.25, 0.3) is 0 Å². The van der Waals surface area contributed by atoms with Crippen LogP contribution in [0.5, 0.6) is 0 Å². The monoisotopic (exact) mass is 366 g/mol. The first-order chi connectivity index (χ1) is 13.1. The third-order valence-electron chi connectivity index (χ3n) is 6.23. The van der Waals surface area contributed by atoms with Crippen molar-refractivity contribution < 1.29 is 14.4 Å². The largest absolute Gasteiger partial charge is 0.341 e. The lowest BCUT2D eigenvalue weighted by Crippen LogP contribution is -2.46. The van der Waals surface area contributed by atoms with Crippen molar-refractivity contribution in [3.63, 3.8) is 0 Å².